The van der Waals surface area contributed by atoms with Gasteiger partial charge in [-0.2, -0.15) is 0 Å². The second-order valence-corrected chi connectivity index (χ2v) is 5.57. The first-order valence-corrected chi connectivity index (χ1v) is 6.79. The van der Waals surface area contributed by atoms with Crippen molar-refractivity contribution in [3.05, 3.63) is 30.1 Å². The summed E-state index contributed by atoms with van der Waals surface area (Å²) in [5, 5.41) is 1.63. The van der Waals surface area contributed by atoms with Crippen LogP contribution in [0.5, 0.6) is 0 Å². The van der Waals surface area contributed by atoms with Crippen LogP contribution < -0.4 is 0 Å². The van der Waals surface area contributed by atoms with Crippen LogP contribution >= 0.6 is 15.9 Å². The molecular formula is C13H15BrN2O2. The zero-order valence-electron chi connectivity index (χ0n) is 10.6. The maximum absolute atomic E-state index is 12.1. The molecule has 0 radical (unpaired) electrons. The van der Waals surface area contributed by atoms with Gasteiger partial charge in [0.1, 0.15) is 11.2 Å². The number of fused-ring (bicyclic) bond motifs is 1. The van der Waals surface area contributed by atoms with Crippen LogP contribution in [0, 0.1) is 0 Å². The predicted octanol–water partition coefficient (Wildman–Crippen LogP) is 3.71. The van der Waals surface area contributed by atoms with Crippen LogP contribution in [0.1, 0.15) is 26.3 Å². The smallest absolute Gasteiger partial charge is 0.420 e. The molecule has 18 heavy (non-hydrogen) atoms. The molecule has 2 aromatic rings. The van der Waals surface area contributed by atoms with Gasteiger partial charge < -0.3 is 4.74 Å². The minimum atomic E-state index is -0.517. The van der Waals surface area contributed by atoms with Gasteiger partial charge in [0.15, 0.2) is 0 Å². The Bertz CT molecular complexity index is 584. The third-order valence-corrected chi connectivity index (χ3v) is 2.98. The lowest BCUT2D eigenvalue weighted by molar-refractivity contribution is 0.0543. The average Bonchev–Trinajstić information content (AvgIpc) is 2.65. The van der Waals surface area contributed by atoms with E-state index in [0.29, 0.717) is 11.0 Å². The van der Waals surface area contributed by atoms with Crippen LogP contribution in [0.15, 0.2) is 24.5 Å². The molecule has 2 heterocycles. The lowest BCUT2D eigenvalue weighted by Crippen LogP contribution is -2.26. The molecular weight excluding hydrogens is 296 g/mol. The van der Waals surface area contributed by atoms with Crippen LogP contribution in [-0.4, -0.2) is 21.2 Å². The van der Waals surface area contributed by atoms with Crippen molar-refractivity contribution in [3.63, 3.8) is 0 Å². The lowest BCUT2D eigenvalue weighted by Gasteiger charge is -2.19. The van der Waals surface area contributed by atoms with Crippen molar-refractivity contribution >= 4 is 33.1 Å². The summed E-state index contributed by atoms with van der Waals surface area (Å²) in [5.41, 5.74) is 1.13. The topological polar surface area (TPSA) is 44.1 Å². The van der Waals surface area contributed by atoms with Crippen molar-refractivity contribution in [2.45, 2.75) is 31.7 Å². The normalized spacial score (nSPS) is 11.8. The fraction of sp³-hybridized carbons (Fsp3) is 0.385. The molecule has 0 fully saturated rings. The molecule has 0 aliphatic heterocycles. The summed E-state index contributed by atoms with van der Waals surface area (Å²) >= 11 is 3.41. The quantitative estimate of drug-likeness (QED) is 0.754. The average molecular weight is 311 g/mol. The Kier molecular flexibility index (Phi) is 3.43. The van der Waals surface area contributed by atoms with Crippen LogP contribution in [0.25, 0.3) is 11.0 Å². The number of hydrogen-bond donors (Lipinski definition) is 0. The molecule has 0 spiro atoms. The van der Waals surface area contributed by atoms with Crippen LogP contribution in [-0.2, 0) is 10.1 Å². The van der Waals surface area contributed by atoms with E-state index in [2.05, 4.69) is 20.9 Å². The van der Waals surface area contributed by atoms with Crippen molar-refractivity contribution in [2.24, 2.45) is 0 Å². The number of rotatable bonds is 1. The maximum Gasteiger partial charge on any atom is 0.420 e. The molecule has 0 aromatic carbocycles. The fourth-order valence-corrected chi connectivity index (χ4v) is 2.13. The molecule has 2 rings (SSSR count). The third kappa shape index (κ3) is 2.56. The van der Waals surface area contributed by atoms with Gasteiger partial charge >= 0.3 is 6.09 Å². The van der Waals surface area contributed by atoms with E-state index in [0.717, 1.165) is 10.9 Å². The lowest BCUT2D eigenvalue weighted by atomic mass is 10.2. The number of ether oxygens (including phenoxy) is 1. The van der Waals surface area contributed by atoms with Gasteiger partial charge in [0.2, 0.25) is 0 Å². The van der Waals surface area contributed by atoms with Gasteiger partial charge in [0.25, 0.3) is 0 Å². The molecule has 0 atom stereocenters. The fourth-order valence-electron chi connectivity index (χ4n) is 1.68. The molecule has 0 saturated carbocycles. The van der Waals surface area contributed by atoms with E-state index in [1.165, 1.54) is 4.57 Å². The molecule has 0 N–H and O–H groups in total. The number of nitrogens with zero attached hydrogens (tertiary/aromatic N) is 2. The Morgan fingerprint density at radius 1 is 1.50 bits per heavy atom. The summed E-state index contributed by atoms with van der Waals surface area (Å²) < 4.78 is 6.81. The number of carbonyl (C=O) groups excluding carboxylic acids is 1. The summed E-state index contributed by atoms with van der Waals surface area (Å²) in [6, 6.07) is 3.80. The van der Waals surface area contributed by atoms with E-state index in [1.807, 2.05) is 32.9 Å². The van der Waals surface area contributed by atoms with E-state index in [9.17, 15) is 4.79 Å². The van der Waals surface area contributed by atoms with Gasteiger partial charge in [-0.1, -0.05) is 15.9 Å². The second kappa shape index (κ2) is 4.72. The number of aromatic nitrogens is 2. The van der Waals surface area contributed by atoms with Crippen molar-refractivity contribution in [1.82, 2.24) is 9.55 Å². The molecule has 96 valence electrons. The van der Waals surface area contributed by atoms with Crippen LogP contribution in [0.4, 0.5) is 4.79 Å². The monoisotopic (exact) mass is 310 g/mol. The second-order valence-electron chi connectivity index (χ2n) is 5.01. The third-order valence-electron chi connectivity index (χ3n) is 2.38. The van der Waals surface area contributed by atoms with Crippen LogP contribution in [0.3, 0.4) is 0 Å². The van der Waals surface area contributed by atoms with Gasteiger partial charge in [-0.05, 0) is 38.5 Å². The molecule has 5 heteroatoms. The predicted molar refractivity (Wildman–Crippen MR) is 74.0 cm³/mol. The first-order valence-electron chi connectivity index (χ1n) is 5.66. The van der Waals surface area contributed by atoms with Gasteiger partial charge in [0.05, 0.1) is 0 Å². The molecule has 2 aromatic heterocycles. The molecule has 0 aliphatic carbocycles. The largest absolute Gasteiger partial charge is 0.443 e. The number of hydrogen-bond acceptors (Lipinski definition) is 3. The van der Waals surface area contributed by atoms with E-state index in [4.69, 9.17) is 4.74 Å². The summed E-state index contributed by atoms with van der Waals surface area (Å²) in [4.78, 5) is 16.3. The summed E-state index contributed by atoms with van der Waals surface area (Å²) in [5.74, 6) is 0. The Labute approximate surface area is 114 Å². The molecule has 4 nitrogen and oxygen atoms in total. The molecule has 0 bridgehead atoms. The van der Waals surface area contributed by atoms with Gasteiger partial charge in [-0.25, -0.2) is 14.3 Å². The highest BCUT2D eigenvalue weighted by Crippen LogP contribution is 2.22. The number of carbonyl (C=O) groups is 1. The first-order chi connectivity index (χ1) is 8.42. The number of alkyl halides is 1. The maximum atomic E-state index is 12.1. The Balaban J connectivity index is 2.48. The standard InChI is InChI=1S/C13H15BrN2O2/c1-13(2,3)18-12(17)16-8-9(7-14)10-5-4-6-15-11(10)16/h4-6,8H,7H2,1-3H3. The zero-order valence-corrected chi connectivity index (χ0v) is 12.2. The molecule has 0 unspecified atom stereocenters. The van der Waals surface area contributed by atoms with Crippen molar-refractivity contribution in [2.75, 3.05) is 0 Å². The van der Waals surface area contributed by atoms with Crippen molar-refractivity contribution in [1.29, 1.82) is 0 Å². The van der Waals surface area contributed by atoms with Crippen molar-refractivity contribution < 1.29 is 9.53 Å². The van der Waals surface area contributed by atoms with E-state index >= 15 is 0 Å². The molecule has 0 saturated heterocycles. The Morgan fingerprint density at radius 3 is 2.83 bits per heavy atom. The number of pyridine rings is 1. The minimum absolute atomic E-state index is 0.404. The molecule has 0 amide bonds. The summed E-state index contributed by atoms with van der Waals surface area (Å²) in [7, 11) is 0. The van der Waals surface area contributed by atoms with E-state index in [-0.39, 0.29) is 0 Å². The zero-order chi connectivity index (χ0) is 13.3. The highest BCUT2D eigenvalue weighted by Gasteiger charge is 2.20. The summed E-state index contributed by atoms with van der Waals surface area (Å²) in [6.07, 6.45) is 3.03. The highest BCUT2D eigenvalue weighted by molar-refractivity contribution is 9.08. The Morgan fingerprint density at radius 2 is 2.22 bits per heavy atom. The first kappa shape index (κ1) is 13.1. The van der Waals surface area contributed by atoms with E-state index in [1.54, 1.807) is 12.4 Å². The molecule has 0 aliphatic rings. The summed E-state index contributed by atoms with van der Waals surface area (Å²) in [6.45, 7) is 5.53. The van der Waals surface area contributed by atoms with Crippen LogP contribution in [0.2, 0.25) is 0 Å². The highest BCUT2D eigenvalue weighted by atomic mass is 79.9. The number of halogens is 1. The van der Waals surface area contributed by atoms with Gasteiger partial charge in [-0.15, -0.1) is 0 Å². The van der Waals surface area contributed by atoms with Crippen molar-refractivity contribution in [3.8, 4) is 0 Å². The van der Waals surface area contributed by atoms with Gasteiger partial charge in [-0.3, -0.25) is 0 Å². The Hall–Kier alpha value is -1.36. The SMILES string of the molecule is CC(C)(C)OC(=O)n1cc(CBr)c2cccnc21. The minimum Gasteiger partial charge on any atom is -0.443 e. The van der Waals surface area contributed by atoms with Gasteiger partial charge in [0, 0.05) is 23.1 Å². The van der Waals surface area contributed by atoms with E-state index < -0.39 is 11.7 Å².